The summed E-state index contributed by atoms with van der Waals surface area (Å²) in [5.41, 5.74) is 6.14. The third kappa shape index (κ3) is 3.74. The van der Waals surface area contributed by atoms with Crippen molar-refractivity contribution in [1.82, 2.24) is 15.8 Å². The number of carbonyl (C=O) groups is 3. The number of nitrogens with zero attached hydrogens (tertiary/aromatic N) is 1. The number of hydrazine groups is 1. The van der Waals surface area contributed by atoms with Crippen LogP contribution in [0.25, 0.3) is 0 Å². The van der Waals surface area contributed by atoms with Crippen molar-refractivity contribution in [3.8, 4) is 0 Å². The summed E-state index contributed by atoms with van der Waals surface area (Å²) >= 11 is 1.46. The van der Waals surface area contributed by atoms with Crippen LogP contribution in [0.3, 0.4) is 0 Å². The van der Waals surface area contributed by atoms with E-state index in [-0.39, 0.29) is 18.4 Å². The van der Waals surface area contributed by atoms with E-state index in [2.05, 4.69) is 10.9 Å². The molecule has 20 heavy (non-hydrogen) atoms. The van der Waals surface area contributed by atoms with E-state index in [1.54, 1.807) is 12.1 Å². The van der Waals surface area contributed by atoms with Crippen molar-refractivity contribution in [3.05, 3.63) is 35.4 Å². The van der Waals surface area contributed by atoms with Crippen molar-refractivity contribution in [2.45, 2.75) is 6.92 Å². The number of amides is 3. The maximum Gasteiger partial charge on any atom is 0.269 e. The Kier molecular flexibility index (Phi) is 4.62. The third-order valence-corrected chi connectivity index (χ3v) is 3.73. The van der Waals surface area contributed by atoms with E-state index >= 15 is 0 Å². The van der Waals surface area contributed by atoms with E-state index in [1.165, 1.54) is 16.7 Å². The molecule has 1 fully saturated rings. The number of benzene rings is 1. The maximum atomic E-state index is 11.8. The summed E-state index contributed by atoms with van der Waals surface area (Å²) < 4.78 is 0. The number of aryl methyl sites for hydroxylation is 1. The Morgan fingerprint density at radius 1 is 1.25 bits per heavy atom. The predicted octanol–water partition coefficient (Wildman–Crippen LogP) is 0.289. The molecule has 3 amide bonds. The number of hydrogen-bond acceptors (Lipinski definition) is 4. The molecule has 1 aromatic carbocycles. The molecule has 1 saturated heterocycles. The van der Waals surface area contributed by atoms with Gasteiger partial charge < -0.3 is 4.90 Å². The van der Waals surface area contributed by atoms with Crippen LogP contribution >= 0.6 is 11.8 Å². The van der Waals surface area contributed by atoms with Gasteiger partial charge in [-0.1, -0.05) is 17.7 Å². The molecule has 106 valence electrons. The summed E-state index contributed by atoms with van der Waals surface area (Å²) in [6.45, 7) is 1.88. The van der Waals surface area contributed by atoms with Gasteiger partial charge in [-0.2, -0.15) is 0 Å². The van der Waals surface area contributed by atoms with Crippen LogP contribution in [-0.2, 0) is 9.59 Å². The molecule has 0 spiro atoms. The Morgan fingerprint density at radius 2 is 1.95 bits per heavy atom. The lowest BCUT2D eigenvalue weighted by atomic mass is 10.1. The van der Waals surface area contributed by atoms with Crippen molar-refractivity contribution in [2.24, 2.45) is 0 Å². The molecule has 0 saturated carbocycles. The van der Waals surface area contributed by atoms with Crippen LogP contribution in [0.5, 0.6) is 0 Å². The molecular formula is C13H15N3O3S. The fourth-order valence-electron chi connectivity index (χ4n) is 1.66. The van der Waals surface area contributed by atoms with Crippen molar-refractivity contribution < 1.29 is 14.4 Å². The van der Waals surface area contributed by atoms with Crippen molar-refractivity contribution >= 4 is 29.5 Å². The van der Waals surface area contributed by atoms with E-state index in [0.717, 1.165) is 5.56 Å². The van der Waals surface area contributed by atoms with Crippen LogP contribution in [0.1, 0.15) is 15.9 Å². The SMILES string of the molecule is Cc1ccc(C(=O)NNC(=O)CN2CSCC2=O)cc1. The molecule has 0 aromatic heterocycles. The zero-order valence-electron chi connectivity index (χ0n) is 11.0. The Labute approximate surface area is 120 Å². The topological polar surface area (TPSA) is 78.5 Å². The van der Waals surface area contributed by atoms with E-state index in [0.29, 0.717) is 17.2 Å². The van der Waals surface area contributed by atoms with Crippen LogP contribution in [0.4, 0.5) is 0 Å². The van der Waals surface area contributed by atoms with E-state index < -0.39 is 5.91 Å². The van der Waals surface area contributed by atoms with Gasteiger partial charge in [-0.15, -0.1) is 11.8 Å². The summed E-state index contributed by atoms with van der Waals surface area (Å²) in [6, 6.07) is 6.99. The minimum Gasteiger partial charge on any atom is -0.323 e. The van der Waals surface area contributed by atoms with Gasteiger partial charge in [0.05, 0.1) is 11.6 Å². The van der Waals surface area contributed by atoms with Crippen molar-refractivity contribution in [1.29, 1.82) is 0 Å². The molecule has 2 N–H and O–H groups in total. The Bertz CT molecular complexity index is 530. The zero-order valence-corrected chi connectivity index (χ0v) is 11.8. The first-order chi connectivity index (χ1) is 9.56. The smallest absolute Gasteiger partial charge is 0.269 e. The molecule has 0 bridgehead atoms. The monoisotopic (exact) mass is 293 g/mol. The van der Waals surface area contributed by atoms with Gasteiger partial charge in [0.15, 0.2) is 0 Å². The fraction of sp³-hybridized carbons (Fsp3) is 0.308. The lowest BCUT2D eigenvalue weighted by Crippen LogP contribution is -2.46. The molecule has 1 aromatic rings. The highest BCUT2D eigenvalue weighted by Gasteiger charge is 2.22. The number of carbonyl (C=O) groups excluding carboxylic acids is 3. The van der Waals surface area contributed by atoms with Gasteiger partial charge in [-0.25, -0.2) is 0 Å². The second-order valence-electron chi connectivity index (χ2n) is 4.44. The second kappa shape index (κ2) is 6.42. The van der Waals surface area contributed by atoms with Crippen LogP contribution in [0.2, 0.25) is 0 Å². The molecule has 0 aliphatic carbocycles. The molecule has 7 heteroatoms. The van der Waals surface area contributed by atoms with Gasteiger partial charge in [0.2, 0.25) is 5.91 Å². The fourth-order valence-corrected chi connectivity index (χ4v) is 2.56. The highest BCUT2D eigenvalue weighted by atomic mass is 32.2. The third-order valence-electron chi connectivity index (χ3n) is 2.79. The minimum absolute atomic E-state index is 0.0417. The molecular weight excluding hydrogens is 278 g/mol. The number of thioether (sulfide) groups is 1. The van der Waals surface area contributed by atoms with Gasteiger partial charge in [0.1, 0.15) is 6.54 Å². The summed E-state index contributed by atoms with van der Waals surface area (Å²) in [5.74, 6) is 0.0537. The van der Waals surface area contributed by atoms with Gasteiger partial charge >= 0.3 is 0 Å². The summed E-state index contributed by atoms with van der Waals surface area (Å²) in [7, 11) is 0. The summed E-state index contributed by atoms with van der Waals surface area (Å²) in [5, 5.41) is 0. The Balaban J connectivity index is 1.79. The first kappa shape index (κ1) is 14.4. The largest absolute Gasteiger partial charge is 0.323 e. The van der Waals surface area contributed by atoms with Gasteiger partial charge in [0.25, 0.3) is 11.8 Å². The first-order valence-electron chi connectivity index (χ1n) is 6.07. The number of nitrogens with one attached hydrogen (secondary N) is 2. The molecule has 1 aliphatic rings. The Morgan fingerprint density at radius 3 is 2.55 bits per heavy atom. The van der Waals surface area contributed by atoms with Gasteiger partial charge in [0, 0.05) is 5.56 Å². The lowest BCUT2D eigenvalue weighted by molar-refractivity contribution is -0.132. The maximum absolute atomic E-state index is 11.8. The average Bonchev–Trinajstić information content (AvgIpc) is 2.82. The van der Waals surface area contributed by atoms with Crippen molar-refractivity contribution in [3.63, 3.8) is 0 Å². The lowest BCUT2D eigenvalue weighted by Gasteiger charge is -2.14. The highest BCUT2D eigenvalue weighted by Crippen LogP contribution is 2.13. The normalized spacial score (nSPS) is 14.2. The molecule has 2 rings (SSSR count). The van der Waals surface area contributed by atoms with Crippen molar-refractivity contribution in [2.75, 3.05) is 18.2 Å². The van der Waals surface area contributed by atoms with E-state index in [4.69, 9.17) is 0 Å². The Hall–Kier alpha value is -2.02. The minimum atomic E-state index is -0.415. The van der Waals surface area contributed by atoms with Crippen LogP contribution in [0.15, 0.2) is 24.3 Å². The first-order valence-corrected chi connectivity index (χ1v) is 7.23. The molecule has 0 atom stereocenters. The van der Waals surface area contributed by atoms with E-state index in [9.17, 15) is 14.4 Å². The molecule has 0 unspecified atom stereocenters. The van der Waals surface area contributed by atoms with Gasteiger partial charge in [-0.05, 0) is 19.1 Å². The second-order valence-corrected chi connectivity index (χ2v) is 5.39. The van der Waals surface area contributed by atoms with Gasteiger partial charge in [-0.3, -0.25) is 25.2 Å². The standard InChI is InChI=1S/C13H15N3O3S/c1-9-2-4-10(5-3-9)13(19)15-14-11(17)6-16-8-20-7-12(16)18/h2-5H,6-8H2,1H3,(H,14,17)(H,15,19). The average molecular weight is 293 g/mol. The van der Waals surface area contributed by atoms with Crippen LogP contribution in [0, 0.1) is 6.92 Å². The molecule has 0 radical (unpaired) electrons. The molecule has 1 aliphatic heterocycles. The quantitative estimate of drug-likeness (QED) is 0.785. The molecule has 6 nitrogen and oxygen atoms in total. The predicted molar refractivity (Wildman–Crippen MR) is 75.8 cm³/mol. The zero-order chi connectivity index (χ0) is 14.5. The summed E-state index contributed by atoms with van der Waals surface area (Å²) in [6.07, 6.45) is 0. The summed E-state index contributed by atoms with van der Waals surface area (Å²) in [4.78, 5) is 36.1. The molecule has 1 heterocycles. The van der Waals surface area contributed by atoms with Crippen LogP contribution in [-0.4, -0.2) is 40.8 Å². The number of hydrogen-bond donors (Lipinski definition) is 2. The van der Waals surface area contributed by atoms with Crippen LogP contribution < -0.4 is 10.9 Å². The van der Waals surface area contributed by atoms with E-state index in [1.807, 2.05) is 19.1 Å². The number of rotatable bonds is 3. The highest BCUT2D eigenvalue weighted by molar-refractivity contribution is 8.00.